The van der Waals surface area contributed by atoms with Crippen LogP contribution in [0.4, 0.5) is 0 Å². The first kappa shape index (κ1) is 7.39. The Bertz CT molecular complexity index is 169. The van der Waals surface area contributed by atoms with E-state index in [2.05, 4.69) is 13.5 Å². The molecular weight excluding hydrogens is 132 g/mol. The molecule has 2 rings (SSSR count). The van der Waals surface area contributed by atoms with Crippen LogP contribution in [0, 0.1) is 17.8 Å². The average molecular weight is 150 g/mol. The van der Waals surface area contributed by atoms with Gasteiger partial charge in [-0.2, -0.15) is 0 Å². The van der Waals surface area contributed by atoms with Gasteiger partial charge in [0.1, 0.15) is 0 Å². The van der Waals surface area contributed by atoms with Gasteiger partial charge in [-0.25, -0.2) is 0 Å². The van der Waals surface area contributed by atoms with Gasteiger partial charge in [-0.1, -0.05) is 31.9 Å². The molecule has 0 N–H and O–H groups in total. The highest BCUT2D eigenvalue weighted by Gasteiger charge is 2.36. The lowest BCUT2D eigenvalue weighted by Gasteiger charge is -2.31. The Labute approximate surface area is 69.7 Å². The molecule has 0 radical (unpaired) electrons. The maximum atomic E-state index is 4.19. The van der Waals surface area contributed by atoms with Crippen LogP contribution in [-0.2, 0) is 0 Å². The lowest BCUT2D eigenvalue weighted by molar-refractivity contribution is 0.223. The molecule has 2 aliphatic carbocycles. The topological polar surface area (TPSA) is 0 Å². The minimum absolute atomic E-state index is 0.906. The molecule has 2 fully saturated rings. The number of allylic oxidation sites excluding steroid dienone is 1. The van der Waals surface area contributed by atoms with Crippen LogP contribution in [0.15, 0.2) is 12.2 Å². The van der Waals surface area contributed by atoms with Gasteiger partial charge in [-0.15, -0.1) is 0 Å². The van der Waals surface area contributed by atoms with Crippen molar-refractivity contribution in [1.29, 1.82) is 0 Å². The minimum Gasteiger partial charge on any atom is -0.0996 e. The summed E-state index contributed by atoms with van der Waals surface area (Å²) < 4.78 is 0. The molecule has 2 saturated carbocycles. The molecule has 0 aromatic rings. The zero-order valence-corrected chi connectivity index (χ0v) is 7.47. The molecular formula is C11H18. The van der Waals surface area contributed by atoms with E-state index in [1.807, 2.05) is 0 Å². The summed E-state index contributed by atoms with van der Waals surface area (Å²) in [5.41, 5.74) is 1.56. The third-order valence-electron chi connectivity index (χ3n) is 3.66. The van der Waals surface area contributed by atoms with Gasteiger partial charge in [0.05, 0.1) is 0 Å². The molecule has 0 spiro atoms. The molecule has 0 bridgehead atoms. The van der Waals surface area contributed by atoms with Gasteiger partial charge in [0.2, 0.25) is 0 Å². The van der Waals surface area contributed by atoms with E-state index < -0.39 is 0 Å². The van der Waals surface area contributed by atoms with E-state index in [1.165, 1.54) is 32.1 Å². The van der Waals surface area contributed by atoms with Crippen molar-refractivity contribution in [3.63, 3.8) is 0 Å². The van der Waals surface area contributed by atoms with E-state index in [0.717, 1.165) is 17.8 Å². The second-order valence-electron chi connectivity index (χ2n) is 4.39. The summed E-state index contributed by atoms with van der Waals surface area (Å²) in [7, 11) is 0. The quantitative estimate of drug-likeness (QED) is 0.464. The van der Waals surface area contributed by atoms with Crippen LogP contribution in [-0.4, -0.2) is 0 Å². The fourth-order valence-corrected chi connectivity index (χ4v) is 3.12. The normalized spacial score (nSPS) is 44.1. The minimum atomic E-state index is 0.906. The van der Waals surface area contributed by atoms with Gasteiger partial charge >= 0.3 is 0 Å². The van der Waals surface area contributed by atoms with Crippen molar-refractivity contribution in [2.24, 2.45) is 17.8 Å². The number of hydrogen-bond donors (Lipinski definition) is 0. The number of hydrogen-bond acceptors (Lipinski definition) is 0. The molecule has 0 heteroatoms. The average Bonchev–Trinajstić information content (AvgIpc) is 2.34. The van der Waals surface area contributed by atoms with Crippen LogP contribution in [0.2, 0.25) is 0 Å². The standard InChI is InChI=1S/C11H18/c1-8-4-3-5-10-7-6-9(2)11(8)10/h8,10-11H,2-7H2,1H3. The van der Waals surface area contributed by atoms with Crippen LogP contribution in [0.3, 0.4) is 0 Å². The van der Waals surface area contributed by atoms with Crippen LogP contribution in [0.25, 0.3) is 0 Å². The maximum Gasteiger partial charge on any atom is -0.0152 e. The summed E-state index contributed by atoms with van der Waals surface area (Å²) in [6.07, 6.45) is 7.15. The smallest absolute Gasteiger partial charge is 0.0152 e. The first-order valence-corrected chi connectivity index (χ1v) is 4.96. The van der Waals surface area contributed by atoms with E-state index >= 15 is 0 Å². The van der Waals surface area contributed by atoms with E-state index in [9.17, 15) is 0 Å². The molecule has 3 unspecified atom stereocenters. The zero-order chi connectivity index (χ0) is 7.84. The fraction of sp³-hybridized carbons (Fsp3) is 0.818. The van der Waals surface area contributed by atoms with E-state index in [-0.39, 0.29) is 0 Å². The molecule has 2 aliphatic rings. The van der Waals surface area contributed by atoms with Crippen molar-refractivity contribution in [3.05, 3.63) is 12.2 Å². The van der Waals surface area contributed by atoms with Gasteiger partial charge in [0, 0.05) is 0 Å². The molecule has 11 heavy (non-hydrogen) atoms. The van der Waals surface area contributed by atoms with Gasteiger partial charge in [0.15, 0.2) is 0 Å². The molecule has 0 amide bonds. The Kier molecular flexibility index (Phi) is 1.78. The molecule has 0 aliphatic heterocycles. The summed E-state index contributed by atoms with van der Waals surface area (Å²) >= 11 is 0. The highest BCUT2D eigenvalue weighted by Crippen LogP contribution is 2.47. The largest absolute Gasteiger partial charge is 0.0996 e. The first-order chi connectivity index (χ1) is 5.29. The van der Waals surface area contributed by atoms with Gasteiger partial charge in [-0.3, -0.25) is 0 Å². The highest BCUT2D eigenvalue weighted by atomic mass is 14.4. The first-order valence-electron chi connectivity index (χ1n) is 4.96. The van der Waals surface area contributed by atoms with Crippen molar-refractivity contribution in [2.75, 3.05) is 0 Å². The Morgan fingerprint density at radius 2 is 2.09 bits per heavy atom. The Balaban J connectivity index is 2.14. The molecule has 0 saturated heterocycles. The monoisotopic (exact) mass is 150 g/mol. The maximum absolute atomic E-state index is 4.19. The van der Waals surface area contributed by atoms with E-state index in [4.69, 9.17) is 0 Å². The zero-order valence-electron chi connectivity index (χ0n) is 7.47. The Morgan fingerprint density at radius 3 is 2.82 bits per heavy atom. The number of rotatable bonds is 0. The van der Waals surface area contributed by atoms with Gasteiger partial charge in [-0.05, 0) is 37.0 Å². The predicted octanol–water partition coefficient (Wildman–Crippen LogP) is 3.39. The highest BCUT2D eigenvalue weighted by molar-refractivity contribution is 5.11. The SMILES string of the molecule is C=C1CCC2CCCC(C)C12. The molecule has 62 valence electrons. The fourth-order valence-electron chi connectivity index (χ4n) is 3.12. The number of fused-ring (bicyclic) bond motifs is 1. The van der Waals surface area contributed by atoms with Crippen LogP contribution >= 0.6 is 0 Å². The van der Waals surface area contributed by atoms with Gasteiger partial charge < -0.3 is 0 Å². The molecule has 3 atom stereocenters. The third kappa shape index (κ3) is 1.13. The third-order valence-corrected chi connectivity index (χ3v) is 3.66. The lowest BCUT2D eigenvalue weighted by atomic mass is 9.74. The molecule has 0 aromatic heterocycles. The van der Waals surface area contributed by atoms with Crippen molar-refractivity contribution < 1.29 is 0 Å². The molecule has 0 heterocycles. The molecule has 0 nitrogen and oxygen atoms in total. The summed E-state index contributed by atoms with van der Waals surface area (Å²) in [6, 6.07) is 0. The predicted molar refractivity (Wildman–Crippen MR) is 48.4 cm³/mol. The van der Waals surface area contributed by atoms with E-state index in [1.54, 1.807) is 5.57 Å². The lowest BCUT2D eigenvalue weighted by Crippen LogP contribution is -2.22. The summed E-state index contributed by atoms with van der Waals surface area (Å²) in [4.78, 5) is 0. The van der Waals surface area contributed by atoms with Crippen LogP contribution in [0.5, 0.6) is 0 Å². The van der Waals surface area contributed by atoms with Crippen LogP contribution < -0.4 is 0 Å². The van der Waals surface area contributed by atoms with Crippen LogP contribution in [0.1, 0.15) is 39.0 Å². The van der Waals surface area contributed by atoms with Crippen molar-refractivity contribution >= 4 is 0 Å². The second-order valence-corrected chi connectivity index (χ2v) is 4.39. The molecule has 0 aromatic carbocycles. The van der Waals surface area contributed by atoms with Gasteiger partial charge in [0.25, 0.3) is 0 Å². The van der Waals surface area contributed by atoms with E-state index in [0.29, 0.717) is 0 Å². The summed E-state index contributed by atoms with van der Waals surface area (Å²) in [5.74, 6) is 2.86. The second kappa shape index (κ2) is 2.66. The summed E-state index contributed by atoms with van der Waals surface area (Å²) in [5, 5.41) is 0. The van der Waals surface area contributed by atoms with Crippen molar-refractivity contribution in [2.45, 2.75) is 39.0 Å². The Morgan fingerprint density at radius 1 is 1.27 bits per heavy atom. The Hall–Kier alpha value is -0.260. The summed E-state index contributed by atoms with van der Waals surface area (Å²) in [6.45, 7) is 6.60. The van der Waals surface area contributed by atoms with Crippen molar-refractivity contribution in [3.8, 4) is 0 Å². The van der Waals surface area contributed by atoms with Crippen molar-refractivity contribution in [1.82, 2.24) is 0 Å².